The van der Waals surface area contributed by atoms with Gasteiger partial charge < -0.3 is 15.3 Å². The fraction of sp³-hybridized carbons (Fsp3) is 0.300. The molecule has 2 aromatic carbocycles. The van der Waals surface area contributed by atoms with Crippen LogP contribution in [-0.2, 0) is 9.68 Å². The third-order valence-electron chi connectivity index (χ3n) is 4.43. The van der Waals surface area contributed by atoms with Gasteiger partial charge in [0.2, 0.25) is 0 Å². The SMILES string of the molecule is CO/N=C(/c1cc(C(=O)NOCCO)c(Nc2ccc(I)cc2F)c(F)c1F)C1CC1. The van der Waals surface area contributed by atoms with E-state index in [2.05, 4.69) is 10.5 Å². The maximum Gasteiger partial charge on any atom is 0.277 e. The van der Waals surface area contributed by atoms with Crippen LogP contribution in [0.25, 0.3) is 0 Å². The zero-order valence-electron chi connectivity index (χ0n) is 16.3. The molecule has 7 nitrogen and oxygen atoms in total. The van der Waals surface area contributed by atoms with E-state index in [1.54, 1.807) is 6.07 Å². The Morgan fingerprint density at radius 1 is 1.23 bits per heavy atom. The molecule has 0 atom stereocenters. The second-order valence-corrected chi connectivity index (χ2v) is 7.91. The summed E-state index contributed by atoms with van der Waals surface area (Å²) in [7, 11) is 1.28. The third-order valence-corrected chi connectivity index (χ3v) is 5.10. The Bertz CT molecular complexity index is 1020. The van der Waals surface area contributed by atoms with Crippen LogP contribution < -0.4 is 10.8 Å². The summed E-state index contributed by atoms with van der Waals surface area (Å²) in [4.78, 5) is 22.2. The number of rotatable bonds is 9. The highest BCUT2D eigenvalue weighted by Gasteiger charge is 2.34. The molecule has 3 rings (SSSR count). The van der Waals surface area contributed by atoms with Crippen LogP contribution in [0.2, 0.25) is 0 Å². The van der Waals surface area contributed by atoms with Crippen molar-refractivity contribution in [1.82, 2.24) is 5.48 Å². The molecule has 1 aliphatic carbocycles. The summed E-state index contributed by atoms with van der Waals surface area (Å²) in [6.45, 7) is -0.580. The first-order valence-corrected chi connectivity index (χ1v) is 10.3. The summed E-state index contributed by atoms with van der Waals surface area (Å²) in [6.07, 6.45) is 1.44. The monoisotopic (exact) mass is 549 g/mol. The van der Waals surface area contributed by atoms with E-state index in [4.69, 9.17) is 14.8 Å². The lowest BCUT2D eigenvalue weighted by atomic mass is 10.00. The van der Waals surface area contributed by atoms with Crippen LogP contribution in [0.1, 0.15) is 28.8 Å². The quantitative estimate of drug-likeness (QED) is 0.191. The molecule has 0 radical (unpaired) electrons. The Kier molecular flexibility index (Phi) is 7.73. The number of nitrogens with one attached hydrogen (secondary N) is 2. The Labute approximate surface area is 189 Å². The molecule has 3 N–H and O–H groups in total. The summed E-state index contributed by atoms with van der Waals surface area (Å²) < 4.78 is 45.0. The second kappa shape index (κ2) is 10.3. The number of aliphatic hydroxyl groups is 1. The van der Waals surface area contributed by atoms with Crippen molar-refractivity contribution in [1.29, 1.82) is 0 Å². The molecule has 11 heteroatoms. The topological polar surface area (TPSA) is 92.2 Å². The van der Waals surface area contributed by atoms with Crippen LogP contribution in [-0.4, -0.2) is 37.0 Å². The van der Waals surface area contributed by atoms with Gasteiger partial charge in [0.05, 0.1) is 35.9 Å². The number of anilines is 2. The lowest BCUT2D eigenvalue weighted by Crippen LogP contribution is -2.27. The minimum Gasteiger partial charge on any atom is -0.399 e. The van der Waals surface area contributed by atoms with Crippen molar-refractivity contribution in [2.24, 2.45) is 11.1 Å². The van der Waals surface area contributed by atoms with Crippen LogP contribution in [0.4, 0.5) is 24.5 Å². The highest BCUT2D eigenvalue weighted by molar-refractivity contribution is 14.1. The minimum absolute atomic E-state index is 0.122. The highest BCUT2D eigenvalue weighted by atomic mass is 127. The third kappa shape index (κ3) is 5.46. The molecule has 0 aliphatic heterocycles. The van der Waals surface area contributed by atoms with Crippen molar-refractivity contribution in [2.45, 2.75) is 12.8 Å². The van der Waals surface area contributed by atoms with Gasteiger partial charge in [0.15, 0.2) is 11.6 Å². The van der Waals surface area contributed by atoms with Gasteiger partial charge in [-0.3, -0.25) is 9.63 Å². The summed E-state index contributed by atoms with van der Waals surface area (Å²) in [5, 5.41) is 15.1. The number of hydrogen-bond acceptors (Lipinski definition) is 6. The van der Waals surface area contributed by atoms with Gasteiger partial charge in [0.1, 0.15) is 12.9 Å². The summed E-state index contributed by atoms with van der Waals surface area (Å²) >= 11 is 1.90. The maximum atomic E-state index is 15.1. The second-order valence-electron chi connectivity index (χ2n) is 6.66. The van der Waals surface area contributed by atoms with Crippen molar-refractivity contribution in [3.63, 3.8) is 0 Å². The molecule has 0 unspecified atom stereocenters. The van der Waals surface area contributed by atoms with Crippen molar-refractivity contribution < 1.29 is 32.7 Å². The van der Waals surface area contributed by atoms with Gasteiger partial charge in [0.25, 0.3) is 5.91 Å². The number of oxime groups is 1. The normalized spacial score (nSPS) is 13.8. The van der Waals surface area contributed by atoms with Crippen LogP contribution >= 0.6 is 22.6 Å². The molecule has 0 aromatic heterocycles. The van der Waals surface area contributed by atoms with Gasteiger partial charge in [-0.25, -0.2) is 18.7 Å². The lowest BCUT2D eigenvalue weighted by Gasteiger charge is -2.17. The molecule has 31 heavy (non-hydrogen) atoms. The molecule has 1 saturated carbocycles. The first kappa shape index (κ1) is 23.3. The van der Waals surface area contributed by atoms with Crippen molar-refractivity contribution in [3.05, 3.63) is 56.4 Å². The first-order chi connectivity index (χ1) is 14.9. The number of halogens is 4. The average molecular weight is 549 g/mol. The standard InChI is InChI=1S/C20H19F3IN3O4/c1-30-26-18(10-2-3-10)12-9-13(20(29)27-31-7-6-28)19(17(23)16(12)22)25-15-5-4-11(24)8-14(15)21/h4-5,8-10,25,28H,2-3,6-7H2,1H3,(H,27,29)/b26-18+. The number of aliphatic hydroxyl groups excluding tert-OH is 1. The van der Waals surface area contributed by atoms with E-state index in [1.807, 2.05) is 28.1 Å². The van der Waals surface area contributed by atoms with Crippen LogP contribution in [0.5, 0.6) is 0 Å². The van der Waals surface area contributed by atoms with Crippen LogP contribution in [0, 0.1) is 26.9 Å². The molecule has 2 aromatic rings. The highest BCUT2D eigenvalue weighted by Crippen LogP contribution is 2.37. The molecule has 0 saturated heterocycles. The predicted molar refractivity (Wildman–Crippen MR) is 116 cm³/mol. The van der Waals surface area contributed by atoms with Crippen LogP contribution in [0.15, 0.2) is 29.4 Å². The maximum absolute atomic E-state index is 15.1. The number of amides is 1. The summed E-state index contributed by atoms with van der Waals surface area (Å²) in [5.74, 6) is -4.38. The molecule has 1 fully saturated rings. The molecular weight excluding hydrogens is 530 g/mol. The van der Waals surface area contributed by atoms with Crippen LogP contribution in [0.3, 0.4) is 0 Å². The van der Waals surface area contributed by atoms with E-state index in [0.29, 0.717) is 3.57 Å². The lowest BCUT2D eigenvalue weighted by molar-refractivity contribution is 0.0168. The van der Waals surface area contributed by atoms with E-state index in [0.717, 1.165) is 18.9 Å². The van der Waals surface area contributed by atoms with E-state index >= 15 is 4.39 Å². The number of nitrogens with zero attached hydrogens (tertiary/aromatic N) is 1. The van der Waals surface area contributed by atoms with E-state index < -0.39 is 29.0 Å². The number of hydrogen-bond donors (Lipinski definition) is 3. The largest absolute Gasteiger partial charge is 0.399 e. The fourth-order valence-corrected chi connectivity index (χ4v) is 3.31. The molecule has 166 valence electrons. The van der Waals surface area contributed by atoms with Crippen molar-refractivity contribution in [3.8, 4) is 0 Å². The number of carbonyl (C=O) groups excluding carboxylic acids is 1. The van der Waals surface area contributed by atoms with E-state index in [-0.39, 0.29) is 41.7 Å². The van der Waals surface area contributed by atoms with E-state index in [1.165, 1.54) is 19.2 Å². The van der Waals surface area contributed by atoms with Crippen molar-refractivity contribution >= 4 is 45.6 Å². The molecule has 0 spiro atoms. The van der Waals surface area contributed by atoms with Gasteiger partial charge in [-0.1, -0.05) is 5.16 Å². The number of benzene rings is 2. The molecular formula is C20H19F3IN3O4. The Morgan fingerprint density at radius 3 is 2.58 bits per heavy atom. The zero-order valence-corrected chi connectivity index (χ0v) is 18.5. The molecule has 0 heterocycles. The Hall–Kier alpha value is -2.38. The molecule has 1 aliphatic rings. The van der Waals surface area contributed by atoms with Gasteiger partial charge in [-0.05, 0) is 59.7 Å². The number of carbonyl (C=O) groups is 1. The Morgan fingerprint density at radius 2 is 1.97 bits per heavy atom. The van der Waals surface area contributed by atoms with Gasteiger partial charge in [0, 0.05) is 15.1 Å². The summed E-state index contributed by atoms with van der Waals surface area (Å²) in [6, 6.07) is 5.22. The van der Waals surface area contributed by atoms with Gasteiger partial charge in [-0.15, -0.1) is 0 Å². The fourth-order valence-electron chi connectivity index (χ4n) is 2.86. The minimum atomic E-state index is -1.38. The first-order valence-electron chi connectivity index (χ1n) is 9.25. The predicted octanol–water partition coefficient (Wildman–Crippen LogP) is 3.87. The van der Waals surface area contributed by atoms with E-state index in [9.17, 15) is 13.6 Å². The molecule has 0 bridgehead atoms. The average Bonchev–Trinajstić information content (AvgIpc) is 3.57. The van der Waals surface area contributed by atoms with Crippen molar-refractivity contribution in [2.75, 3.05) is 25.6 Å². The zero-order chi connectivity index (χ0) is 22.5. The van der Waals surface area contributed by atoms with Gasteiger partial charge >= 0.3 is 0 Å². The summed E-state index contributed by atoms with van der Waals surface area (Å²) in [5.41, 5.74) is 0.931. The van der Waals surface area contributed by atoms with Gasteiger partial charge in [-0.2, -0.15) is 0 Å². The number of hydroxylamine groups is 1. The smallest absolute Gasteiger partial charge is 0.277 e. The molecule has 1 amide bonds. The Balaban J connectivity index is 2.10.